The minimum absolute atomic E-state index is 0.218. The number of hydrogen-bond acceptors (Lipinski definition) is 6. The van der Waals surface area contributed by atoms with Gasteiger partial charge < -0.3 is 22.2 Å². The van der Waals surface area contributed by atoms with Gasteiger partial charge in [0.15, 0.2) is 25.0 Å². The van der Waals surface area contributed by atoms with E-state index in [1.54, 1.807) is 6.92 Å². The zero-order valence-electron chi connectivity index (χ0n) is 20.8. The average Bonchev–Trinajstić information content (AvgIpc) is 2.43. The van der Waals surface area contributed by atoms with Gasteiger partial charge in [-0.3, -0.25) is 0 Å². The van der Waals surface area contributed by atoms with Gasteiger partial charge in [0, 0.05) is 11.6 Å². The monoisotopic (exact) mass is 492 g/mol. The van der Waals surface area contributed by atoms with Crippen LogP contribution in [-0.4, -0.2) is 57.0 Å². The topological polar surface area (TPSA) is 74.2 Å². The summed E-state index contributed by atoms with van der Waals surface area (Å²) >= 11 is 0. The zero-order valence-corrected chi connectivity index (χ0v) is 24.8. The Morgan fingerprint density at radius 1 is 0.900 bits per heavy atom. The number of rotatable bonds is 10. The molecule has 0 aromatic rings. The first-order valence-electron chi connectivity index (χ1n) is 11.0. The summed E-state index contributed by atoms with van der Waals surface area (Å²) in [5, 5.41) is 10.7. The van der Waals surface area contributed by atoms with Gasteiger partial charge in [-0.1, -0.05) is 6.58 Å². The lowest BCUT2D eigenvalue weighted by Gasteiger charge is -2.45. The largest absolute Gasteiger partial charge is 0.469 e. The van der Waals surface area contributed by atoms with Gasteiger partial charge in [-0.2, -0.15) is 0 Å². The second-order valence-electron chi connectivity index (χ2n) is 11.5. The van der Waals surface area contributed by atoms with Gasteiger partial charge in [0.05, 0.1) is 6.10 Å². The van der Waals surface area contributed by atoms with E-state index in [1.807, 2.05) is 0 Å². The minimum atomic E-state index is -2.94. The highest BCUT2D eigenvalue weighted by Gasteiger charge is 2.52. The number of ether oxygens (including phenoxy) is 1. The lowest BCUT2D eigenvalue weighted by atomic mass is 9.86. The lowest BCUT2D eigenvalue weighted by molar-refractivity contribution is -0.153. The standard InChI is InChI=1S/C20H44O6Si4/c1-16(2)20(22)23-19-13-12-17(14-18(19)21)15-30(24-27(3,4)5,25-28(6,7)8)26-29(9,10)11/h17-19,21H,1,12-15H2,2-11H3. The van der Waals surface area contributed by atoms with Gasteiger partial charge in [0.25, 0.3) is 0 Å². The number of carbonyl (C=O) groups is 1. The SMILES string of the molecule is C=C(C)C(=O)OC1CCC(C[Si](O[Si](C)(C)C)(O[Si](C)(C)C)O[Si](C)(C)C)CC1O. The summed E-state index contributed by atoms with van der Waals surface area (Å²) < 4.78 is 25.7. The summed E-state index contributed by atoms with van der Waals surface area (Å²) in [5.41, 5.74) is 0.353. The Kier molecular flexibility index (Phi) is 9.54. The zero-order chi connectivity index (χ0) is 23.5. The van der Waals surface area contributed by atoms with E-state index in [4.69, 9.17) is 17.1 Å². The molecule has 0 saturated heterocycles. The Bertz CT molecular complexity index is 565. The Morgan fingerprint density at radius 3 is 1.67 bits per heavy atom. The summed E-state index contributed by atoms with van der Waals surface area (Å²) in [4.78, 5) is 11.9. The lowest BCUT2D eigenvalue weighted by Crippen LogP contribution is -2.61. The highest BCUT2D eigenvalue weighted by Crippen LogP contribution is 2.37. The number of aliphatic hydroxyl groups is 1. The molecule has 0 aromatic heterocycles. The van der Waals surface area contributed by atoms with Crippen molar-refractivity contribution in [2.75, 3.05) is 0 Å². The van der Waals surface area contributed by atoms with E-state index in [2.05, 4.69) is 65.5 Å². The van der Waals surface area contributed by atoms with Crippen molar-refractivity contribution in [3.8, 4) is 0 Å². The highest BCUT2D eigenvalue weighted by molar-refractivity contribution is 6.90. The van der Waals surface area contributed by atoms with Crippen LogP contribution in [0.2, 0.25) is 65.0 Å². The van der Waals surface area contributed by atoms with Gasteiger partial charge in [0.1, 0.15) is 6.10 Å². The Morgan fingerprint density at radius 2 is 1.33 bits per heavy atom. The molecule has 3 atom stereocenters. The molecule has 0 amide bonds. The van der Waals surface area contributed by atoms with E-state index in [0.717, 1.165) is 6.42 Å². The maximum Gasteiger partial charge on any atom is 0.469 e. The third-order valence-corrected chi connectivity index (χ3v) is 16.6. The molecule has 1 saturated carbocycles. The van der Waals surface area contributed by atoms with Crippen LogP contribution in [0.25, 0.3) is 0 Å². The number of hydrogen-bond donors (Lipinski definition) is 1. The molecule has 1 aliphatic rings. The molecular weight excluding hydrogens is 449 g/mol. The van der Waals surface area contributed by atoms with E-state index in [-0.39, 0.29) is 5.92 Å². The summed E-state index contributed by atoms with van der Waals surface area (Å²) in [7, 11) is -8.72. The molecule has 0 radical (unpaired) electrons. The maximum absolute atomic E-state index is 11.9. The maximum atomic E-state index is 11.9. The van der Waals surface area contributed by atoms with Gasteiger partial charge in [-0.25, -0.2) is 4.79 Å². The molecule has 0 heterocycles. The summed E-state index contributed by atoms with van der Waals surface area (Å²) in [6, 6.07) is 0.712. The Balaban J connectivity index is 3.06. The molecule has 0 aromatic carbocycles. The predicted octanol–water partition coefficient (Wildman–Crippen LogP) is 5.13. The van der Waals surface area contributed by atoms with Crippen LogP contribution in [0, 0.1) is 5.92 Å². The highest BCUT2D eigenvalue weighted by atomic mass is 28.5. The molecule has 1 rings (SSSR count). The van der Waals surface area contributed by atoms with Crippen molar-refractivity contribution in [2.24, 2.45) is 5.92 Å². The van der Waals surface area contributed by atoms with Crippen molar-refractivity contribution in [3.63, 3.8) is 0 Å². The molecule has 0 spiro atoms. The molecule has 0 bridgehead atoms. The minimum Gasteiger partial charge on any atom is -0.456 e. The van der Waals surface area contributed by atoms with Crippen LogP contribution < -0.4 is 0 Å². The molecule has 1 N–H and O–H groups in total. The van der Waals surface area contributed by atoms with Crippen molar-refractivity contribution >= 4 is 39.7 Å². The second kappa shape index (κ2) is 10.2. The van der Waals surface area contributed by atoms with E-state index < -0.39 is 51.9 Å². The summed E-state index contributed by atoms with van der Waals surface area (Å²) in [6.07, 6.45) is 0.864. The van der Waals surface area contributed by atoms with Crippen LogP contribution >= 0.6 is 0 Å². The van der Waals surface area contributed by atoms with Crippen molar-refractivity contribution in [2.45, 2.75) is 103 Å². The molecule has 1 aliphatic carbocycles. The van der Waals surface area contributed by atoms with Crippen LogP contribution in [0.3, 0.4) is 0 Å². The Hall–Kier alpha value is -0.0825. The number of aliphatic hydroxyl groups excluding tert-OH is 1. The van der Waals surface area contributed by atoms with E-state index in [9.17, 15) is 9.90 Å². The van der Waals surface area contributed by atoms with E-state index >= 15 is 0 Å². The molecule has 10 heteroatoms. The van der Waals surface area contributed by atoms with Gasteiger partial charge in [-0.05, 0) is 91.0 Å². The van der Waals surface area contributed by atoms with E-state index in [1.165, 1.54) is 0 Å². The molecule has 30 heavy (non-hydrogen) atoms. The fourth-order valence-corrected chi connectivity index (χ4v) is 18.6. The number of carbonyl (C=O) groups excluding carboxylic acids is 1. The second-order valence-corrected chi connectivity index (χ2v) is 28.4. The normalized spacial score (nSPS) is 23.9. The molecule has 1 fully saturated rings. The fourth-order valence-electron chi connectivity index (χ4n) is 3.71. The van der Waals surface area contributed by atoms with Crippen LogP contribution in [0.4, 0.5) is 0 Å². The summed E-state index contributed by atoms with van der Waals surface area (Å²) in [5.74, 6) is -0.220. The average molecular weight is 493 g/mol. The van der Waals surface area contributed by atoms with Crippen molar-refractivity contribution in [1.29, 1.82) is 0 Å². The first-order valence-corrected chi connectivity index (χ1v) is 23.1. The third-order valence-electron chi connectivity index (χ3n) is 4.39. The summed E-state index contributed by atoms with van der Waals surface area (Å²) in [6.45, 7) is 24.9. The van der Waals surface area contributed by atoms with Crippen LogP contribution in [0.5, 0.6) is 0 Å². The Labute approximate surface area is 188 Å². The van der Waals surface area contributed by atoms with Crippen molar-refractivity contribution in [3.05, 3.63) is 12.2 Å². The van der Waals surface area contributed by atoms with E-state index in [0.29, 0.717) is 24.5 Å². The number of esters is 1. The smallest absolute Gasteiger partial charge is 0.456 e. The van der Waals surface area contributed by atoms with Crippen molar-refractivity contribution in [1.82, 2.24) is 0 Å². The fraction of sp³-hybridized carbons (Fsp3) is 0.850. The van der Waals surface area contributed by atoms with Gasteiger partial charge in [-0.15, -0.1) is 0 Å². The predicted molar refractivity (Wildman–Crippen MR) is 132 cm³/mol. The molecule has 0 aliphatic heterocycles. The van der Waals surface area contributed by atoms with Crippen molar-refractivity contribution < 1.29 is 27.0 Å². The molecule has 6 nitrogen and oxygen atoms in total. The third kappa shape index (κ3) is 10.5. The first kappa shape index (κ1) is 28.0. The van der Waals surface area contributed by atoms with Crippen LogP contribution in [0.15, 0.2) is 12.2 Å². The van der Waals surface area contributed by atoms with Crippen LogP contribution in [0.1, 0.15) is 26.2 Å². The molecular formula is C20H44O6Si4. The first-order chi connectivity index (χ1) is 13.3. The van der Waals surface area contributed by atoms with Crippen LogP contribution in [-0.2, 0) is 21.9 Å². The molecule has 176 valence electrons. The van der Waals surface area contributed by atoms with Gasteiger partial charge >= 0.3 is 14.8 Å². The van der Waals surface area contributed by atoms with Gasteiger partial charge in [0.2, 0.25) is 0 Å². The molecule has 3 unspecified atom stereocenters. The quantitative estimate of drug-likeness (QED) is 0.259.